The summed E-state index contributed by atoms with van der Waals surface area (Å²) in [4.78, 5) is 52.0. The van der Waals surface area contributed by atoms with Crippen LogP contribution >= 0.6 is 0 Å². The molecule has 4 aromatic carbocycles. The SMILES string of the molecule is O=C1C=CC(=O)N1c1ccc(Cc2ccc(N3C(=O)CC(Oc4cccc5ccccc45)C3=O)cc2)cc1. The van der Waals surface area contributed by atoms with Gasteiger partial charge >= 0.3 is 0 Å². The van der Waals surface area contributed by atoms with E-state index in [0.29, 0.717) is 23.5 Å². The smallest absolute Gasteiger partial charge is 0.275 e. The quantitative estimate of drug-likeness (QED) is 0.361. The Balaban J connectivity index is 1.14. The number of anilines is 2. The molecule has 1 fully saturated rings. The molecule has 4 amide bonds. The van der Waals surface area contributed by atoms with E-state index < -0.39 is 6.10 Å². The molecule has 7 nitrogen and oxygen atoms in total. The lowest BCUT2D eigenvalue weighted by molar-refractivity contribution is -0.124. The van der Waals surface area contributed by atoms with E-state index in [0.717, 1.165) is 26.8 Å². The van der Waals surface area contributed by atoms with Crippen LogP contribution in [0.5, 0.6) is 5.75 Å². The molecule has 1 atom stereocenters. The molecule has 7 heteroatoms. The predicted octanol–water partition coefficient (Wildman–Crippen LogP) is 4.57. The summed E-state index contributed by atoms with van der Waals surface area (Å²) < 4.78 is 6.02. The fourth-order valence-electron chi connectivity index (χ4n) is 4.84. The zero-order valence-electron chi connectivity index (χ0n) is 20.2. The minimum Gasteiger partial charge on any atom is -0.479 e. The van der Waals surface area contributed by atoms with E-state index in [-0.39, 0.29) is 30.0 Å². The standard InChI is InChI=1S/C31H22N2O5/c34-28-16-17-29(35)32(28)23-12-8-20(9-13-23)18-21-10-14-24(15-11-21)33-30(36)19-27(31(33)37)38-26-7-3-5-22-4-1-2-6-25(22)26/h1-17,27H,18-19H2. The molecule has 0 spiro atoms. The average molecular weight is 503 g/mol. The number of hydrogen-bond donors (Lipinski definition) is 0. The van der Waals surface area contributed by atoms with E-state index >= 15 is 0 Å². The van der Waals surface area contributed by atoms with E-state index in [1.165, 1.54) is 17.1 Å². The maximum Gasteiger partial charge on any atom is 0.275 e. The number of fused-ring (bicyclic) bond motifs is 1. The molecule has 0 aromatic heterocycles. The Hall–Kier alpha value is -5.04. The van der Waals surface area contributed by atoms with Gasteiger partial charge in [-0.15, -0.1) is 0 Å². The average Bonchev–Trinajstić information content (AvgIpc) is 3.41. The van der Waals surface area contributed by atoms with Crippen LogP contribution in [-0.4, -0.2) is 29.7 Å². The lowest BCUT2D eigenvalue weighted by Crippen LogP contribution is -2.33. The molecule has 186 valence electrons. The highest BCUT2D eigenvalue weighted by Crippen LogP contribution is 2.31. The summed E-state index contributed by atoms with van der Waals surface area (Å²) in [6.45, 7) is 0. The molecule has 38 heavy (non-hydrogen) atoms. The number of imide groups is 2. The van der Waals surface area contributed by atoms with Crippen molar-refractivity contribution < 1.29 is 23.9 Å². The summed E-state index contributed by atoms with van der Waals surface area (Å²) in [5, 5.41) is 1.89. The Labute approximate surface area is 218 Å². The van der Waals surface area contributed by atoms with Crippen molar-refractivity contribution in [1.29, 1.82) is 0 Å². The van der Waals surface area contributed by atoms with Gasteiger partial charge in [-0.25, -0.2) is 9.80 Å². The molecule has 4 aromatic rings. The molecule has 1 unspecified atom stereocenters. The summed E-state index contributed by atoms with van der Waals surface area (Å²) in [7, 11) is 0. The van der Waals surface area contributed by atoms with Crippen molar-refractivity contribution in [3.8, 4) is 5.75 Å². The number of hydrogen-bond acceptors (Lipinski definition) is 5. The monoisotopic (exact) mass is 502 g/mol. The second kappa shape index (κ2) is 9.44. The van der Waals surface area contributed by atoms with Gasteiger partial charge in [-0.3, -0.25) is 19.2 Å². The van der Waals surface area contributed by atoms with Crippen molar-refractivity contribution in [2.24, 2.45) is 0 Å². The third-order valence-electron chi connectivity index (χ3n) is 6.73. The number of amides is 4. The van der Waals surface area contributed by atoms with Crippen molar-refractivity contribution >= 4 is 45.8 Å². The highest BCUT2D eigenvalue weighted by molar-refractivity contribution is 6.28. The van der Waals surface area contributed by atoms with Gasteiger partial charge < -0.3 is 4.74 Å². The number of rotatable bonds is 6. The van der Waals surface area contributed by atoms with Crippen LogP contribution in [0.15, 0.2) is 103 Å². The fourth-order valence-corrected chi connectivity index (χ4v) is 4.84. The zero-order valence-corrected chi connectivity index (χ0v) is 20.2. The largest absolute Gasteiger partial charge is 0.479 e. The zero-order chi connectivity index (χ0) is 26.2. The van der Waals surface area contributed by atoms with Crippen molar-refractivity contribution in [3.63, 3.8) is 0 Å². The Bertz CT molecular complexity index is 1600. The van der Waals surface area contributed by atoms with Gasteiger partial charge in [-0.05, 0) is 53.3 Å². The minimum atomic E-state index is -0.879. The third kappa shape index (κ3) is 4.24. The molecule has 0 radical (unpaired) electrons. The molecule has 0 bridgehead atoms. The summed E-state index contributed by atoms with van der Waals surface area (Å²) >= 11 is 0. The predicted molar refractivity (Wildman–Crippen MR) is 143 cm³/mol. The summed E-state index contributed by atoms with van der Waals surface area (Å²) in [5.41, 5.74) is 3.00. The Morgan fingerprint density at radius 3 is 1.89 bits per heavy atom. The van der Waals surface area contributed by atoms with E-state index in [1.807, 2.05) is 66.7 Å². The van der Waals surface area contributed by atoms with Crippen molar-refractivity contribution in [3.05, 3.63) is 114 Å². The highest BCUT2D eigenvalue weighted by Gasteiger charge is 2.41. The van der Waals surface area contributed by atoms with Crippen LogP contribution < -0.4 is 14.5 Å². The van der Waals surface area contributed by atoms with E-state index in [4.69, 9.17) is 4.74 Å². The van der Waals surface area contributed by atoms with Crippen molar-refractivity contribution in [2.45, 2.75) is 18.9 Å². The molecule has 6 rings (SSSR count). The van der Waals surface area contributed by atoms with Crippen molar-refractivity contribution in [2.75, 3.05) is 9.80 Å². The first-order valence-electron chi connectivity index (χ1n) is 12.2. The van der Waals surface area contributed by atoms with Crippen LogP contribution in [0.4, 0.5) is 11.4 Å². The topological polar surface area (TPSA) is 84.0 Å². The van der Waals surface area contributed by atoms with E-state index in [2.05, 4.69) is 0 Å². The normalized spacial score (nSPS) is 17.2. The Kier molecular flexibility index (Phi) is 5.81. The van der Waals surface area contributed by atoms with E-state index in [1.54, 1.807) is 24.3 Å². The number of carbonyl (C=O) groups excluding carboxylic acids is 4. The van der Waals surface area contributed by atoms with Gasteiger partial charge in [0, 0.05) is 17.5 Å². The molecule has 0 aliphatic carbocycles. The molecule has 2 heterocycles. The van der Waals surface area contributed by atoms with Crippen LogP contribution in [0.3, 0.4) is 0 Å². The number of ether oxygens (including phenoxy) is 1. The maximum atomic E-state index is 13.1. The molecule has 2 aliphatic heterocycles. The minimum absolute atomic E-state index is 0.0201. The third-order valence-corrected chi connectivity index (χ3v) is 6.73. The van der Waals surface area contributed by atoms with Crippen LogP contribution in [0, 0.1) is 0 Å². The molecule has 2 aliphatic rings. The Morgan fingerprint density at radius 2 is 1.24 bits per heavy atom. The molecular formula is C31H22N2O5. The van der Waals surface area contributed by atoms with Crippen LogP contribution in [0.25, 0.3) is 10.8 Å². The van der Waals surface area contributed by atoms with Gasteiger partial charge in [0.15, 0.2) is 6.10 Å². The summed E-state index contributed by atoms with van der Waals surface area (Å²) in [6.07, 6.45) is 2.22. The molecule has 0 N–H and O–H groups in total. The van der Waals surface area contributed by atoms with Gasteiger partial charge in [-0.2, -0.15) is 0 Å². The fraction of sp³-hybridized carbons (Fsp3) is 0.0968. The highest BCUT2D eigenvalue weighted by atomic mass is 16.5. The lowest BCUT2D eigenvalue weighted by Gasteiger charge is -2.17. The lowest BCUT2D eigenvalue weighted by atomic mass is 10.0. The van der Waals surface area contributed by atoms with Crippen LogP contribution in [0.1, 0.15) is 17.5 Å². The first-order valence-corrected chi connectivity index (χ1v) is 12.2. The second-order valence-electron chi connectivity index (χ2n) is 9.21. The van der Waals surface area contributed by atoms with Crippen LogP contribution in [-0.2, 0) is 25.6 Å². The van der Waals surface area contributed by atoms with Gasteiger partial charge in [0.1, 0.15) is 5.75 Å². The number of carbonyl (C=O) groups is 4. The maximum absolute atomic E-state index is 13.1. The summed E-state index contributed by atoms with van der Waals surface area (Å²) in [6, 6.07) is 27.9. The Morgan fingerprint density at radius 1 is 0.658 bits per heavy atom. The molecule has 0 saturated carbocycles. The van der Waals surface area contributed by atoms with Crippen molar-refractivity contribution in [1.82, 2.24) is 0 Å². The van der Waals surface area contributed by atoms with Crippen LogP contribution in [0.2, 0.25) is 0 Å². The summed E-state index contributed by atoms with van der Waals surface area (Å²) in [5.74, 6) is -0.814. The molecular weight excluding hydrogens is 480 g/mol. The van der Waals surface area contributed by atoms with Gasteiger partial charge in [-0.1, -0.05) is 60.7 Å². The van der Waals surface area contributed by atoms with E-state index in [9.17, 15) is 19.2 Å². The molecule has 1 saturated heterocycles. The first kappa shape index (κ1) is 23.4. The first-order chi connectivity index (χ1) is 18.5. The van der Waals surface area contributed by atoms with Gasteiger partial charge in [0.05, 0.1) is 17.8 Å². The number of nitrogens with zero attached hydrogens (tertiary/aromatic N) is 2. The number of benzene rings is 4. The van der Waals surface area contributed by atoms with Gasteiger partial charge in [0.2, 0.25) is 5.91 Å². The van der Waals surface area contributed by atoms with Gasteiger partial charge in [0.25, 0.3) is 17.7 Å². The second-order valence-corrected chi connectivity index (χ2v) is 9.21.